The predicted octanol–water partition coefficient (Wildman–Crippen LogP) is 3.53. The van der Waals surface area contributed by atoms with E-state index >= 15 is 8.78 Å². The largest absolute Gasteiger partial charge is 0.481 e. The summed E-state index contributed by atoms with van der Waals surface area (Å²) in [5, 5.41) is 82.6. The Labute approximate surface area is 799 Å². The summed E-state index contributed by atoms with van der Waals surface area (Å²) < 4.78 is 64.0. The SMILES string of the molecule is CC(NC(=O)CCCC(=O)NC(C)C(=O)N(C)C(C)C(=O)NCC(=O)NC(CCN(C(=O)CO)[C@@H](c1cc(-c2cc(F)ccc2F)cn1Cc1ccccc1)C(C)(C)C)C(=O)NCCC(=O)NC(CCC(=O)O)C(=O)O)C(=O)N(C)C(C)C(=O)NCC(=O)NC(CCN(C(=O)CO)[C@@H](c1cc(-c2cc(F)ccc2F)cn1Cc1ccccc1)C(C)(C)C)C(=O)NCCC(=O)NC(CCC(=O)O)C(=O)O. The molecule has 10 atom stereocenters. The Morgan fingerprint density at radius 2 is 0.719 bits per heavy atom. The fourth-order valence-corrected chi connectivity index (χ4v) is 15.3. The standard InChI is InChI=1S/C95H124F4N16O24/c1-54(90(134)110(11)56(3)86(130)102-46-78(122)106-68(88(132)100-38-34-76(120)108-70(92(136)137)30-32-82(126)127)36-40-114(80(124)52-116)84(94(5,6)7)72-42-60(64-44-62(96)26-28-66(64)98)50-112(72)48-58-20-15-13-16-21-58)104-74(118)24-19-25-75(119)105-55(2)91(135)111(12)57(4)87(131)103-47-79(123)107-69(89(133)101-39-35-77(121)109-71(93(138)139)31-33-83(128)129)37-41-115(81(125)53-117)85(95(8,9)10)73-43-61(65-45-63(97)27-29-67(65)99)51-113(73)49-59-22-17-14-18-23-59/h13-18,20-23,26-29,42-45,50-51,54-57,68-71,84-85,116-117H,19,24-25,30-41,46-49,52-53H2,1-12H3,(H,100,132)(H,101,133)(H,102,130)(H,103,131)(H,104,118)(H,105,119)(H,106,122)(H,107,123)(H,108,120)(H,109,121)(H,126,127)(H,128,129)(H,136,137)(H,138,139)/t54?,55?,56?,57?,68?,69?,70?,71?,84-,85-/m0/s1. The molecule has 0 spiro atoms. The molecule has 44 heteroatoms. The molecule has 4 aromatic carbocycles. The number of amides is 14. The van der Waals surface area contributed by atoms with Crippen LogP contribution in [-0.4, -0.2) is 281 Å². The Kier molecular flexibility index (Phi) is 43.4. The number of nitrogens with zero attached hydrogens (tertiary/aromatic N) is 6. The Morgan fingerprint density at radius 3 is 1.04 bits per heavy atom. The van der Waals surface area contributed by atoms with Crippen LogP contribution < -0.4 is 53.2 Å². The fourth-order valence-electron chi connectivity index (χ4n) is 15.3. The van der Waals surface area contributed by atoms with Crippen LogP contribution in [0.25, 0.3) is 22.3 Å². The summed E-state index contributed by atoms with van der Waals surface area (Å²) in [5.74, 6) is -21.2. The maximum absolute atomic E-state index is 15.5. The molecule has 6 rings (SSSR count). The second kappa shape index (κ2) is 53.3. The molecule has 0 fully saturated rings. The van der Waals surface area contributed by atoms with Crippen LogP contribution in [0.1, 0.15) is 174 Å². The monoisotopic (exact) mass is 1950 g/mol. The molecule has 0 bridgehead atoms. The zero-order valence-corrected chi connectivity index (χ0v) is 79.4. The summed E-state index contributed by atoms with van der Waals surface area (Å²) in [7, 11) is 2.43. The number of aliphatic carboxylic acids is 4. The quantitative estimate of drug-likeness (QED) is 0.0243. The topological polar surface area (TPSA) is 572 Å². The van der Waals surface area contributed by atoms with Gasteiger partial charge in [-0.15, -0.1) is 0 Å². The summed E-state index contributed by atoms with van der Waals surface area (Å²) in [6.07, 6.45) is -1.88. The van der Waals surface area contributed by atoms with Crippen LogP contribution >= 0.6 is 0 Å². The Balaban J connectivity index is 1.06. The zero-order valence-electron chi connectivity index (χ0n) is 79.4. The van der Waals surface area contributed by atoms with Gasteiger partial charge in [-0.25, -0.2) is 27.2 Å². The average Bonchev–Trinajstić information content (AvgIpc) is 1.64. The van der Waals surface area contributed by atoms with E-state index in [1.165, 1.54) is 51.6 Å². The van der Waals surface area contributed by atoms with Crippen molar-refractivity contribution in [3.8, 4) is 22.3 Å². The van der Waals surface area contributed by atoms with Crippen LogP contribution in [0.15, 0.2) is 122 Å². The first-order valence-electron chi connectivity index (χ1n) is 44.8. The van der Waals surface area contributed by atoms with Crippen molar-refractivity contribution in [2.24, 2.45) is 10.8 Å². The number of aliphatic hydroxyl groups is 2. The molecular formula is C95H124F4N16O24. The van der Waals surface area contributed by atoms with Gasteiger partial charge >= 0.3 is 23.9 Å². The molecule has 0 aliphatic carbocycles. The molecule has 2 aromatic heterocycles. The number of aliphatic hydroxyl groups excluding tert-OH is 2. The number of hydrogen-bond acceptors (Lipinski definition) is 20. The normalized spacial score (nSPS) is 13.5. The van der Waals surface area contributed by atoms with Crippen molar-refractivity contribution in [1.82, 2.24) is 81.9 Å². The summed E-state index contributed by atoms with van der Waals surface area (Å²) in [5.41, 5.74) is 0.560. The molecule has 0 saturated heterocycles. The first-order chi connectivity index (χ1) is 65.3. The maximum Gasteiger partial charge on any atom is 0.326 e. The molecule has 16 N–H and O–H groups in total. The van der Waals surface area contributed by atoms with E-state index in [9.17, 15) is 116 Å². The minimum atomic E-state index is -1.63. The van der Waals surface area contributed by atoms with Crippen molar-refractivity contribution >= 4 is 107 Å². The van der Waals surface area contributed by atoms with Gasteiger partial charge in [0.15, 0.2) is 0 Å². The van der Waals surface area contributed by atoms with Crippen molar-refractivity contribution in [3.05, 3.63) is 167 Å². The number of hydrogen-bond donors (Lipinski definition) is 16. The molecular weight excluding hydrogens is 1830 g/mol. The maximum atomic E-state index is 15.5. The third kappa shape index (κ3) is 35.2. The van der Waals surface area contributed by atoms with E-state index in [2.05, 4.69) is 53.2 Å². The fraction of sp³-hybridized carbons (Fsp3) is 0.474. The molecule has 0 saturated carbocycles. The second-order valence-electron chi connectivity index (χ2n) is 35.6. The van der Waals surface area contributed by atoms with E-state index in [-0.39, 0.29) is 54.6 Å². The summed E-state index contributed by atoms with van der Waals surface area (Å²) in [6, 6.07) is 13.0. The first kappa shape index (κ1) is 113. The van der Waals surface area contributed by atoms with Gasteiger partial charge in [0.2, 0.25) is 82.7 Å². The van der Waals surface area contributed by atoms with Gasteiger partial charge in [0.05, 0.1) is 25.2 Å². The van der Waals surface area contributed by atoms with Gasteiger partial charge in [-0.2, -0.15) is 0 Å². The molecule has 40 nitrogen and oxygen atoms in total. The van der Waals surface area contributed by atoms with E-state index in [1.54, 1.807) is 112 Å². The van der Waals surface area contributed by atoms with E-state index in [1.807, 2.05) is 24.3 Å². The van der Waals surface area contributed by atoms with Crippen LogP contribution in [0.5, 0.6) is 0 Å². The number of carboxylic acid groups (broad SMARTS) is 4. The third-order valence-corrected chi connectivity index (χ3v) is 22.7. The highest BCUT2D eigenvalue weighted by atomic mass is 19.1. The lowest BCUT2D eigenvalue weighted by Crippen LogP contribution is -2.55. The summed E-state index contributed by atoms with van der Waals surface area (Å²) in [6.45, 7) is 10.3. The van der Waals surface area contributed by atoms with Gasteiger partial charge in [-0.05, 0) is 130 Å². The van der Waals surface area contributed by atoms with Crippen LogP contribution in [0, 0.1) is 34.1 Å². The number of likely N-dealkylation sites (N-methyl/N-ethyl adjacent to an activating group) is 2. The molecule has 8 unspecified atom stereocenters. The minimum absolute atomic E-state index is 0.112. The van der Waals surface area contributed by atoms with Gasteiger partial charge in [-0.1, -0.05) is 102 Å². The minimum Gasteiger partial charge on any atom is -0.481 e. The molecule has 756 valence electrons. The lowest BCUT2D eigenvalue weighted by molar-refractivity contribution is -0.144. The lowest BCUT2D eigenvalue weighted by atomic mass is 9.82. The number of rotatable bonds is 54. The number of benzene rings is 4. The Morgan fingerprint density at radius 1 is 0.388 bits per heavy atom. The van der Waals surface area contributed by atoms with E-state index in [4.69, 9.17) is 10.2 Å². The van der Waals surface area contributed by atoms with Crippen LogP contribution in [0.2, 0.25) is 0 Å². The molecule has 0 radical (unpaired) electrons. The van der Waals surface area contributed by atoms with Gasteiger partial charge in [-0.3, -0.25) is 76.7 Å². The molecule has 0 aliphatic heterocycles. The number of carbonyl (C=O) groups excluding carboxylic acids is 14. The molecule has 6 aromatic rings. The van der Waals surface area contributed by atoms with Crippen LogP contribution in [0.4, 0.5) is 17.6 Å². The Hall–Kier alpha value is -14.5. The number of aromatic nitrogens is 2. The molecule has 139 heavy (non-hydrogen) atoms. The van der Waals surface area contributed by atoms with Gasteiger partial charge in [0.25, 0.3) is 0 Å². The third-order valence-electron chi connectivity index (χ3n) is 22.7. The Bertz CT molecular complexity index is 5050. The number of carboxylic acids is 4. The van der Waals surface area contributed by atoms with Crippen LogP contribution in [-0.2, 0) is 99.4 Å². The molecule has 14 amide bonds. The molecule has 2 heterocycles. The summed E-state index contributed by atoms with van der Waals surface area (Å²) >= 11 is 0. The van der Waals surface area contributed by atoms with E-state index in [0.717, 1.165) is 57.3 Å². The first-order valence-corrected chi connectivity index (χ1v) is 44.8. The highest BCUT2D eigenvalue weighted by Crippen LogP contribution is 2.44. The average molecular weight is 1950 g/mol. The number of halogens is 4. The highest BCUT2D eigenvalue weighted by molar-refractivity contribution is 5.97. The lowest BCUT2D eigenvalue weighted by Gasteiger charge is -2.41. The second-order valence-corrected chi connectivity index (χ2v) is 35.6. The predicted molar refractivity (Wildman–Crippen MR) is 493 cm³/mol. The van der Waals surface area contributed by atoms with Gasteiger partial charge in [0.1, 0.15) is 84.8 Å². The van der Waals surface area contributed by atoms with Crippen molar-refractivity contribution in [3.63, 3.8) is 0 Å². The summed E-state index contributed by atoms with van der Waals surface area (Å²) in [4.78, 5) is 242. The number of nitrogens with one attached hydrogen (secondary N) is 10. The van der Waals surface area contributed by atoms with E-state index in [0.29, 0.717) is 11.4 Å². The van der Waals surface area contributed by atoms with Gasteiger partial charge < -0.3 is 113 Å². The van der Waals surface area contributed by atoms with Crippen molar-refractivity contribution in [1.29, 1.82) is 0 Å². The van der Waals surface area contributed by atoms with Gasteiger partial charge in [0, 0.05) is 138 Å². The van der Waals surface area contributed by atoms with Crippen molar-refractivity contribution < 1.29 is 135 Å². The highest BCUT2D eigenvalue weighted by Gasteiger charge is 2.42. The zero-order chi connectivity index (χ0) is 104. The number of carbonyl (C=O) groups is 18. The van der Waals surface area contributed by atoms with Crippen LogP contribution in [0.3, 0.4) is 0 Å². The van der Waals surface area contributed by atoms with Crippen molar-refractivity contribution in [2.75, 3.05) is 66.6 Å². The molecule has 0 aliphatic rings. The smallest absolute Gasteiger partial charge is 0.326 e. The van der Waals surface area contributed by atoms with E-state index < -0.39 is 305 Å². The van der Waals surface area contributed by atoms with Crippen molar-refractivity contribution in [2.45, 2.75) is 213 Å².